The molecule has 0 amide bonds. The molecule has 17 heavy (non-hydrogen) atoms. The van der Waals surface area contributed by atoms with E-state index in [9.17, 15) is 5.11 Å². The van der Waals surface area contributed by atoms with Gasteiger partial charge in [0.15, 0.2) is 0 Å². The minimum atomic E-state index is -0.450. The van der Waals surface area contributed by atoms with Crippen molar-refractivity contribution in [2.75, 3.05) is 13.1 Å². The van der Waals surface area contributed by atoms with Gasteiger partial charge in [0.05, 0.1) is 0 Å². The first-order chi connectivity index (χ1) is 8.29. The summed E-state index contributed by atoms with van der Waals surface area (Å²) in [7, 11) is 0. The van der Waals surface area contributed by atoms with Gasteiger partial charge in [0.2, 0.25) is 0 Å². The third-order valence-corrected chi connectivity index (χ3v) is 3.04. The quantitative estimate of drug-likeness (QED) is 0.696. The van der Waals surface area contributed by atoms with Crippen molar-refractivity contribution in [1.29, 1.82) is 0 Å². The second-order valence-electron chi connectivity index (χ2n) is 4.53. The Morgan fingerprint density at radius 3 is 2.00 bits per heavy atom. The first kappa shape index (κ1) is 14.2. The van der Waals surface area contributed by atoms with Crippen LogP contribution in [0.15, 0.2) is 30.3 Å². The topological polar surface area (TPSA) is 23.5 Å². The molecule has 0 aliphatic carbocycles. The molecule has 0 saturated heterocycles. The van der Waals surface area contributed by atoms with Gasteiger partial charge in [-0.25, -0.2) is 0 Å². The first-order valence-electron chi connectivity index (χ1n) is 6.76. The molecule has 0 aliphatic rings. The molecule has 1 rings (SSSR count). The number of aliphatic hydroxyl groups excluding tert-OH is 1. The van der Waals surface area contributed by atoms with Crippen LogP contribution in [0.5, 0.6) is 0 Å². The van der Waals surface area contributed by atoms with E-state index >= 15 is 0 Å². The van der Waals surface area contributed by atoms with E-state index in [1.165, 1.54) is 12.8 Å². The molecule has 0 radical (unpaired) electrons. The van der Waals surface area contributed by atoms with E-state index in [4.69, 9.17) is 0 Å². The molecule has 2 nitrogen and oxygen atoms in total. The van der Waals surface area contributed by atoms with Crippen molar-refractivity contribution in [2.24, 2.45) is 0 Å². The molecular formula is C15H25NO. The van der Waals surface area contributed by atoms with Crippen molar-refractivity contribution in [2.45, 2.75) is 45.8 Å². The lowest BCUT2D eigenvalue weighted by Gasteiger charge is -2.28. The van der Waals surface area contributed by atoms with Crippen LogP contribution in [-0.4, -0.2) is 23.1 Å². The van der Waals surface area contributed by atoms with Crippen molar-refractivity contribution in [3.05, 3.63) is 35.9 Å². The van der Waals surface area contributed by atoms with Gasteiger partial charge >= 0.3 is 0 Å². The summed E-state index contributed by atoms with van der Waals surface area (Å²) in [5.74, 6) is 0. The number of aliphatic hydroxyl groups is 1. The molecule has 1 aromatic rings. The first-order valence-corrected chi connectivity index (χ1v) is 6.76. The summed E-state index contributed by atoms with van der Waals surface area (Å²) in [6.07, 6.45) is 4.18. The number of hydrogen-bond donors (Lipinski definition) is 1. The van der Waals surface area contributed by atoms with Crippen LogP contribution in [0.1, 0.15) is 51.3 Å². The molecule has 0 aromatic heterocycles. The van der Waals surface area contributed by atoms with Gasteiger partial charge in [-0.2, -0.15) is 0 Å². The third-order valence-electron chi connectivity index (χ3n) is 3.04. The Labute approximate surface area is 105 Å². The number of unbranched alkanes of at least 4 members (excludes halogenated alkanes) is 2. The smallest absolute Gasteiger partial charge is 0.133 e. The third kappa shape index (κ3) is 4.88. The van der Waals surface area contributed by atoms with Crippen molar-refractivity contribution in [1.82, 2.24) is 4.90 Å². The Hall–Kier alpha value is -0.860. The Morgan fingerprint density at radius 2 is 1.53 bits per heavy atom. The normalized spacial score (nSPS) is 12.9. The molecule has 0 heterocycles. The minimum absolute atomic E-state index is 0.450. The van der Waals surface area contributed by atoms with Crippen LogP contribution in [0.25, 0.3) is 0 Å². The SMILES string of the molecule is CCCCN(CCCC)C(O)c1ccccc1. The molecule has 0 saturated carbocycles. The molecule has 0 spiro atoms. The van der Waals surface area contributed by atoms with Gasteiger partial charge in [0.1, 0.15) is 6.23 Å². The highest BCUT2D eigenvalue weighted by atomic mass is 16.3. The average molecular weight is 235 g/mol. The molecular weight excluding hydrogens is 210 g/mol. The number of benzene rings is 1. The summed E-state index contributed by atoms with van der Waals surface area (Å²) < 4.78 is 0. The van der Waals surface area contributed by atoms with Gasteiger partial charge in [0.25, 0.3) is 0 Å². The maximum Gasteiger partial charge on any atom is 0.133 e. The molecule has 2 heteroatoms. The van der Waals surface area contributed by atoms with Crippen LogP contribution in [0.3, 0.4) is 0 Å². The summed E-state index contributed by atoms with van der Waals surface area (Å²) in [6.45, 7) is 6.33. The van der Waals surface area contributed by atoms with Crippen LogP contribution in [0, 0.1) is 0 Å². The summed E-state index contributed by atoms with van der Waals surface area (Å²) in [6, 6.07) is 9.94. The van der Waals surface area contributed by atoms with Gasteiger partial charge < -0.3 is 5.11 Å². The van der Waals surface area contributed by atoms with Gasteiger partial charge in [-0.15, -0.1) is 0 Å². The average Bonchev–Trinajstić information content (AvgIpc) is 2.39. The lowest BCUT2D eigenvalue weighted by Crippen LogP contribution is -2.30. The van der Waals surface area contributed by atoms with Gasteiger partial charge in [-0.05, 0) is 18.4 Å². The second-order valence-corrected chi connectivity index (χ2v) is 4.53. The monoisotopic (exact) mass is 235 g/mol. The van der Waals surface area contributed by atoms with Crippen molar-refractivity contribution >= 4 is 0 Å². The highest BCUT2D eigenvalue weighted by molar-refractivity contribution is 5.16. The zero-order valence-corrected chi connectivity index (χ0v) is 11.1. The molecule has 1 atom stereocenters. The van der Waals surface area contributed by atoms with E-state index in [1.807, 2.05) is 30.3 Å². The minimum Gasteiger partial charge on any atom is -0.374 e. The molecule has 0 bridgehead atoms. The fourth-order valence-corrected chi connectivity index (χ4v) is 1.91. The van der Waals surface area contributed by atoms with E-state index in [1.54, 1.807) is 0 Å². The van der Waals surface area contributed by atoms with E-state index in [2.05, 4.69) is 18.7 Å². The Kier molecular flexibility index (Phi) is 6.90. The number of rotatable bonds is 8. The molecule has 0 aliphatic heterocycles. The molecule has 1 aromatic carbocycles. The lowest BCUT2D eigenvalue weighted by molar-refractivity contribution is -0.0000802. The van der Waals surface area contributed by atoms with Crippen LogP contribution >= 0.6 is 0 Å². The largest absolute Gasteiger partial charge is 0.374 e. The molecule has 1 N–H and O–H groups in total. The molecule has 1 unspecified atom stereocenters. The number of hydrogen-bond acceptors (Lipinski definition) is 2. The maximum absolute atomic E-state index is 10.4. The van der Waals surface area contributed by atoms with Crippen molar-refractivity contribution in [3.63, 3.8) is 0 Å². The summed E-state index contributed by atoms with van der Waals surface area (Å²) in [5, 5.41) is 10.4. The fourth-order valence-electron chi connectivity index (χ4n) is 1.91. The van der Waals surface area contributed by atoms with Gasteiger partial charge in [-0.1, -0.05) is 57.0 Å². The van der Waals surface area contributed by atoms with Crippen molar-refractivity contribution in [3.8, 4) is 0 Å². The number of nitrogens with zero attached hydrogens (tertiary/aromatic N) is 1. The summed E-state index contributed by atoms with van der Waals surface area (Å²) in [5.41, 5.74) is 1.000. The highest BCUT2D eigenvalue weighted by Gasteiger charge is 2.15. The molecule has 0 fully saturated rings. The summed E-state index contributed by atoms with van der Waals surface area (Å²) in [4.78, 5) is 2.18. The van der Waals surface area contributed by atoms with Crippen molar-refractivity contribution < 1.29 is 5.11 Å². The predicted octanol–water partition coefficient (Wildman–Crippen LogP) is 3.58. The van der Waals surface area contributed by atoms with E-state index < -0.39 is 6.23 Å². The second kappa shape index (κ2) is 8.26. The van der Waals surface area contributed by atoms with E-state index in [0.717, 1.165) is 31.5 Å². The van der Waals surface area contributed by atoms with Crippen LogP contribution in [-0.2, 0) is 0 Å². The standard InChI is InChI=1S/C15H25NO/c1-3-5-12-16(13-6-4-2)15(17)14-10-8-7-9-11-14/h7-11,15,17H,3-6,12-13H2,1-2H3. The fraction of sp³-hybridized carbons (Fsp3) is 0.600. The lowest BCUT2D eigenvalue weighted by atomic mass is 10.1. The Morgan fingerprint density at radius 1 is 1.00 bits per heavy atom. The van der Waals surface area contributed by atoms with Crippen LogP contribution < -0.4 is 0 Å². The zero-order valence-electron chi connectivity index (χ0n) is 11.1. The van der Waals surface area contributed by atoms with Crippen LogP contribution in [0.4, 0.5) is 0 Å². The maximum atomic E-state index is 10.4. The summed E-state index contributed by atoms with van der Waals surface area (Å²) >= 11 is 0. The van der Waals surface area contributed by atoms with Gasteiger partial charge in [0, 0.05) is 13.1 Å². The Balaban J connectivity index is 2.61. The predicted molar refractivity (Wildman–Crippen MR) is 72.8 cm³/mol. The Bertz CT molecular complexity index is 278. The van der Waals surface area contributed by atoms with Gasteiger partial charge in [-0.3, -0.25) is 4.90 Å². The highest BCUT2D eigenvalue weighted by Crippen LogP contribution is 2.18. The van der Waals surface area contributed by atoms with Crippen LogP contribution in [0.2, 0.25) is 0 Å². The van der Waals surface area contributed by atoms with E-state index in [-0.39, 0.29) is 0 Å². The van der Waals surface area contributed by atoms with E-state index in [0.29, 0.717) is 0 Å². The molecule has 96 valence electrons. The zero-order chi connectivity index (χ0) is 12.5.